The lowest BCUT2D eigenvalue weighted by Crippen LogP contribution is -2.34. The molecule has 0 aliphatic carbocycles. The fraction of sp³-hybridized carbons (Fsp3) is 0.562. The van der Waals surface area contributed by atoms with E-state index in [0.717, 1.165) is 25.2 Å². The highest BCUT2D eigenvalue weighted by molar-refractivity contribution is 5.92. The highest BCUT2D eigenvalue weighted by Gasteiger charge is 2.26. The highest BCUT2D eigenvalue weighted by Crippen LogP contribution is 2.19. The minimum Gasteiger partial charge on any atom is -0.328 e. The van der Waals surface area contributed by atoms with E-state index in [1.165, 1.54) is 11.1 Å². The van der Waals surface area contributed by atoms with Gasteiger partial charge in [0.1, 0.15) is 0 Å². The van der Waals surface area contributed by atoms with Gasteiger partial charge in [0.25, 0.3) is 0 Å². The molecule has 1 aliphatic heterocycles. The third kappa shape index (κ3) is 4.99. The molecule has 118 valence electrons. The zero-order valence-corrected chi connectivity index (χ0v) is 13.9. The molecule has 1 saturated heterocycles. The predicted molar refractivity (Wildman–Crippen MR) is 90.0 cm³/mol. The van der Waals surface area contributed by atoms with Gasteiger partial charge in [-0.15, -0.1) is 12.4 Å². The second-order valence-corrected chi connectivity index (χ2v) is 5.99. The van der Waals surface area contributed by atoms with Crippen LogP contribution < -0.4 is 11.1 Å². The van der Waals surface area contributed by atoms with Gasteiger partial charge in [-0.2, -0.15) is 0 Å². The minimum absolute atomic E-state index is 0. The molecule has 1 aromatic rings. The van der Waals surface area contributed by atoms with Crippen molar-refractivity contribution in [2.75, 3.05) is 25.0 Å². The standard InChI is InChI=1S/C16H25N3O.ClH/c1-11-4-5-15(8-12(11)2)18-16(20)10-19-7-6-14(9-19)13(3)17;/h4-5,8,13-14H,6-7,9-10,17H2,1-3H3,(H,18,20);1H. The van der Waals surface area contributed by atoms with Gasteiger partial charge in [0.15, 0.2) is 0 Å². The molecule has 0 saturated carbocycles. The van der Waals surface area contributed by atoms with Crippen LogP contribution in [0.3, 0.4) is 0 Å². The summed E-state index contributed by atoms with van der Waals surface area (Å²) in [5.41, 5.74) is 9.23. The largest absolute Gasteiger partial charge is 0.328 e. The number of carbonyl (C=O) groups excluding carboxylic acids is 1. The Balaban J connectivity index is 0.00000220. The number of amides is 1. The fourth-order valence-electron chi connectivity index (χ4n) is 2.66. The fourth-order valence-corrected chi connectivity index (χ4v) is 2.66. The molecular formula is C16H26ClN3O. The van der Waals surface area contributed by atoms with Crippen LogP contribution in [0.4, 0.5) is 5.69 Å². The lowest BCUT2D eigenvalue weighted by molar-refractivity contribution is -0.117. The van der Waals surface area contributed by atoms with E-state index in [2.05, 4.69) is 24.1 Å². The molecule has 0 radical (unpaired) electrons. The molecule has 1 fully saturated rings. The zero-order valence-electron chi connectivity index (χ0n) is 13.1. The van der Waals surface area contributed by atoms with E-state index < -0.39 is 0 Å². The smallest absolute Gasteiger partial charge is 0.238 e. The van der Waals surface area contributed by atoms with Gasteiger partial charge < -0.3 is 11.1 Å². The van der Waals surface area contributed by atoms with E-state index in [-0.39, 0.29) is 24.4 Å². The Labute approximate surface area is 133 Å². The Kier molecular flexibility index (Phi) is 6.65. The molecule has 21 heavy (non-hydrogen) atoms. The molecule has 0 aromatic heterocycles. The van der Waals surface area contributed by atoms with Crippen LogP contribution in [0.25, 0.3) is 0 Å². The normalized spacial score (nSPS) is 19.9. The molecule has 3 N–H and O–H groups in total. The monoisotopic (exact) mass is 311 g/mol. The van der Waals surface area contributed by atoms with Crippen LogP contribution in [0, 0.1) is 19.8 Å². The van der Waals surface area contributed by atoms with Crippen molar-refractivity contribution in [1.82, 2.24) is 4.90 Å². The number of aryl methyl sites for hydroxylation is 2. The van der Waals surface area contributed by atoms with Gasteiger partial charge in [-0.1, -0.05) is 6.07 Å². The van der Waals surface area contributed by atoms with Gasteiger partial charge in [0.05, 0.1) is 6.54 Å². The van der Waals surface area contributed by atoms with Crippen LogP contribution in [0.1, 0.15) is 24.5 Å². The summed E-state index contributed by atoms with van der Waals surface area (Å²) in [6.45, 7) is 8.52. The van der Waals surface area contributed by atoms with E-state index in [1.54, 1.807) is 0 Å². The number of rotatable bonds is 4. The van der Waals surface area contributed by atoms with Crippen LogP contribution in [-0.2, 0) is 4.79 Å². The van der Waals surface area contributed by atoms with Crippen molar-refractivity contribution in [3.63, 3.8) is 0 Å². The maximum Gasteiger partial charge on any atom is 0.238 e. The average Bonchev–Trinajstić information content (AvgIpc) is 2.82. The number of nitrogens with two attached hydrogens (primary N) is 1. The number of hydrogen-bond donors (Lipinski definition) is 2. The highest BCUT2D eigenvalue weighted by atomic mass is 35.5. The summed E-state index contributed by atoms with van der Waals surface area (Å²) in [5.74, 6) is 0.572. The summed E-state index contributed by atoms with van der Waals surface area (Å²) < 4.78 is 0. The first-order chi connectivity index (χ1) is 9.45. The first-order valence-electron chi connectivity index (χ1n) is 7.30. The number of hydrogen-bond acceptors (Lipinski definition) is 3. The number of likely N-dealkylation sites (tertiary alicyclic amines) is 1. The second kappa shape index (κ2) is 7.78. The molecule has 5 heteroatoms. The predicted octanol–water partition coefficient (Wildman–Crippen LogP) is 2.33. The van der Waals surface area contributed by atoms with Crippen molar-refractivity contribution in [3.05, 3.63) is 29.3 Å². The third-order valence-electron chi connectivity index (χ3n) is 4.21. The zero-order chi connectivity index (χ0) is 14.7. The molecule has 1 aliphatic rings. The lowest BCUT2D eigenvalue weighted by Gasteiger charge is -2.17. The molecule has 2 unspecified atom stereocenters. The topological polar surface area (TPSA) is 58.4 Å². The van der Waals surface area contributed by atoms with Gasteiger partial charge in [-0.25, -0.2) is 0 Å². The van der Waals surface area contributed by atoms with Gasteiger partial charge in [-0.3, -0.25) is 9.69 Å². The second-order valence-electron chi connectivity index (χ2n) is 5.99. The van der Waals surface area contributed by atoms with Crippen LogP contribution in [-0.4, -0.2) is 36.5 Å². The number of nitrogens with zero attached hydrogens (tertiary/aromatic N) is 1. The summed E-state index contributed by atoms with van der Waals surface area (Å²) in [7, 11) is 0. The summed E-state index contributed by atoms with van der Waals surface area (Å²) in [6.07, 6.45) is 1.09. The Morgan fingerprint density at radius 2 is 2.14 bits per heavy atom. The summed E-state index contributed by atoms with van der Waals surface area (Å²) >= 11 is 0. The van der Waals surface area contributed by atoms with E-state index in [1.807, 2.05) is 25.1 Å². The number of nitrogens with one attached hydrogen (secondary N) is 1. The molecule has 0 bridgehead atoms. The first kappa shape index (κ1) is 18.0. The van der Waals surface area contributed by atoms with Gasteiger partial charge >= 0.3 is 0 Å². The average molecular weight is 312 g/mol. The molecule has 0 spiro atoms. The van der Waals surface area contributed by atoms with Crippen LogP contribution in [0.2, 0.25) is 0 Å². The van der Waals surface area contributed by atoms with E-state index >= 15 is 0 Å². The number of benzene rings is 1. The van der Waals surface area contributed by atoms with Crippen LogP contribution in [0.5, 0.6) is 0 Å². The van der Waals surface area contributed by atoms with Gasteiger partial charge in [0.2, 0.25) is 5.91 Å². The van der Waals surface area contributed by atoms with Crippen molar-refractivity contribution >= 4 is 24.0 Å². The summed E-state index contributed by atoms with van der Waals surface area (Å²) in [6, 6.07) is 6.21. The Hall–Kier alpha value is -1.10. The molecule has 2 rings (SSSR count). The maximum absolute atomic E-state index is 12.1. The SMILES string of the molecule is Cc1ccc(NC(=O)CN2CCC(C(C)N)C2)cc1C.Cl. The quantitative estimate of drug-likeness (QED) is 0.897. The van der Waals surface area contributed by atoms with Crippen LogP contribution in [0.15, 0.2) is 18.2 Å². The molecule has 1 heterocycles. The van der Waals surface area contributed by atoms with Crippen molar-refractivity contribution in [2.45, 2.75) is 33.2 Å². The van der Waals surface area contributed by atoms with Gasteiger partial charge in [0, 0.05) is 18.3 Å². The van der Waals surface area contributed by atoms with Gasteiger partial charge in [-0.05, 0) is 62.9 Å². The van der Waals surface area contributed by atoms with Crippen molar-refractivity contribution < 1.29 is 4.79 Å². The van der Waals surface area contributed by atoms with Crippen LogP contribution >= 0.6 is 12.4 Å². The molecule has 2 atom stereocenters. The maximum atomic E-state index is 12.1. The summed E-state index contributed by atoms with van der Waals surface area (Å²) in [5, 5.41) is 2.97. The third-order valence-corrected chi connectivity index (χ3v) is 4.21. The lowest BCUT2D eigenvalue weighted by atomic mass is 10.0. The Bertz CT molecular complexity index is 490. The van der Waals surface area contributed by atoms with Crippen molar-refractivity contribution in [1.29, 1.82) is 0 Å². The van der Waals surface area contributed by atoms with Crippen molar-refractivity contribution in [3.8, 4) is 0 Å². The molecule has 1 aromatic carbocycles. The minimum atomic E-state index is 0. The van der Waals surface area contributed by atoms with E-state index in [0.29, 0.717) is 12.5 Å². The Morgan fingerprint density at radius 3 is 2.71 bits per heavy atom. The molecule has 1 amide bonds. The Morgan fingerprint density at radius 1 is 1.43 bits per heavy atom. The van der Waals surface area contributed by atoms with Crippen molar-refractivity contribution in [2.24, 2.45) is 11.7 Å². The van der Waals surface area contributed by atoms with E-state index in [4.69, 9.17) is 5.73 Å². The molecular weight excluding hydrogens is 286 g/mol. The van der Waals surface area contributed by atoms with E-state index in [9.17, 15) is 4.79 Å². The number of halogens is 1. The summed E-state index contributed by atoms with van der Waals surface area (Å²) in [4.78, 5) is 14.2. The number of carbonyl (C=O) groups is 1. The first-order valence-corrected chi connectivity index (χ1v) is 7.30. The number of anilines is 1. The molecule has 4 nitrogen and oxygen atoms in total.